The predicted octanol–water partition coefficient (Wildman–Crippen LogP) is 0.165. The topological polar surface area (TPSA) is 123 Å². The third-order valence-corrected chi connectivity index (χ3v) is 2.79. The highest BCUT2D eigenvalue weighted by Gasteiger charge is 2.12. The lowest BCUT2D eigenvalue weighted by Crippen LogP contribution is -2.06. The maximum atomic E-state index is 10.6. The van der Waals surface area contributed by atoms with Crippen molar-refractivity contribution in [3.63, 3.8) is 0 Å². The highest BCUT2D eigenvalue weighted by atomic mass is 31.2. The third-order valence-electron chi connectivity index (χ3n) is 2.27. The van der Waals surface area contributed by atoms with Crippen LogP contribution in [0.25, 0.3) is 11.2 Å². The Morgan fingerprint density at radius 1 is 1.44 bits per heavy atom. The molecule has 0 amide bonds. The highest BCUT2D eigenvalue weighted by molar-refractivity contribution is 7.51. The molecule has 0 aromatic carbocycles. The molecule has 0 bridgehead atoms. The fraction of sp³-hybridized carbons (Fsp3) is 0.333. The Morgan fingerprint density at radius 3 is 2.94 bits per heavy atom. The van der Waals surface area contributed by atoms with Crippen LogP contribution < -0.4 is 5.73 Å². The minimum Gasteiger partial charge on any atom is -0.397 e. The molecule has 2 aromatic heterocycles. The molecule has 0 spiro atoms. The Morgan fingerprint density at radius 2 is 2.22 bits per heavy atom. The zero-order valence-corrected chi connectivity index (χ0v) is 10.3. The fourth-order valence-electron chi connectivity index (χ4n) is 1.49. The summed E-state index contributed by atoms with van der Waals surface area (Å²) >= 11 is 0. The molecule has 0 fully saturated rings. The van der Waals surface area contributed by atoms with Crippen LogP contribution in [-0.4, -0.2) is 37.3 Å². The maximum absolute atomic E-state index is 10.6. The molecule has 18 heavy (non-hydrogen) atoms. The molecule has 0 aliphatic rings. The van der Waals surface area contributed by atoms with Crippen molar-refractivity contribution in [3.8, 4) is 0 Å². The number of nitrogen functional groups attached to an aromatic ring is 1. The number of fused-ring (bicyclic) bond motifs is 1. The first-order valence-corrected chi connectivity index (χ1v) is 6.95. The zero-order chi connectivity index (χ0) is 13.2. The monoisotopic (exact) mass is 272 g/mol. The van der Waals surface area contributed by atoms with Gasteiger partial charge in [0.15, 0.2) is 5.65 Å². The third kappa shape index (κ3) is 3.05. The van der Waals surface area contributed by atoms with Gasteiger partial charge in [-0.25, -0.2) is 9.97 Å². The van der Waals surface area contributed by atoms with Crippen molar-refractivity contribution in [1.29, 1.82) is 0 Å². The normalized spacial score (nSPS) is 12.1. The summed E-state index contributed by atoms with van der Waals surface area (Å²) in [6.07, 6.45) is 2.55. The van der Waals surface area contributed by atoms with Crippen LogP contribution in [0.4, 0.5) is 5.69 Å². The van der Waals surface area contributed by atoms with Crippen LogP contribution in [0, 0.1) is 0 Å². The quantitative estimate of drug-likeness (QED) is 0.523. The Balaban J connectivity index is 2.00. The van der Waals surface area contributed by atoms with Crippen LogP contribution in [0.15, 0.2) is 18.6 Å². The molecule has 4 N–H and O–H groups in total. The van der Waals surface area contributed by atoms with E-state index < -0.39 is 13.9 Å². The number of nitrogens with zero attached hydrogens (tertiary/aromatic N) is 3. The van der Waals surface area contributed by atoms with Gasteiger partial charge in [0.2, 0.25) is 0 Å². The summed E-state index contributed by atoms with van der Waals surface area (Å²) in [6.45, 7) is 0.556. The van der Waals surface area contributed by atoms with Gasteiger partial charge >= 0.3 is 7.60 Å². The van der Waals surface area contributed by atoms with Gasteiger partial charge in [0, 0.05) is 12.7 Å². The summed E-state index contributed by atoms with van der Waals surface area (Å²) in [5, 5.41) is 0. The summed E-state index contributed by atoms with van der Waals surface area (Å²) in [5.74, 6) is 0. The van der Waals surface area contributed by atoms with Gasteiger partial charge < -0.3 is 24.8 Å². The zero-order valence-electron chi connectivity index (χ0n) is 9.43. The number of ether oxygens (including phenoxy) is 1. The van der Waals surface area contributed by atoms with Crippen molar-refractivity contribution in [1.82, 2.24) is 14.5 Å². The lowest BCUT2D eigenvalue weighted by molar-refractivity contribution is 0.149. The van der Waals surface area contributed by atoms with E-state index in [4.69, 9.17) is 20.3 Å². The van der Waals surface area contributed by atoms with Crippen LogP contribution in [0.3, 0.4) is 0 Å². The molecule has 98 valence electrons. The van der Waals surface area contributed by atoms with Crippen LogP contribution in [0.2, 0.25) is 0 Å². The Labute approximate surface area is 103 Å². The van der Waals surface area contributed by atoms with Gasteiger partial charge in [-0.2, -0.15) is 0 Å². The standard InChI is InChI=1S/C9H13N4O4P/c10-7-1-2-11-9-8(7)12-5-13(9)3-4-17-6-18(14,15)16/h1-2,5H,3-4,6H2,(H2,10,11)(H2,14,15,16). The van der Waals surface area contributed by atoms with Crippen molar-refractivity contribution in [3.05, 3.63) is 18.6 Å². The SMILES string of the molecule is Nc1ccnc2c1ncn2CCOCP(=O)(O)O. The van der Waals surface area contributed by atoms with E-state index >= 15 is 0 Å². The molecule has 0 aliphatic carbocycles. The van der Waals surface area contributed by atoms with Crippen LogP contribution >= 0.6 is 7.60 Å². The molecule has 9 heteroatoms. The molecule has 0 radical (unpaired) electrons. The molecule has 2 aromatic rings. The van der Waals surface area contributed by atoms with Crippen molar-refractivity contribution < 1.29 is 19.1 Å². The van der Waals surface area contributed by atoms with Gasteiger partial charge in [-0.05, 0) is 6.07 Å². The van der Waals surface area contributed by atoms with E-state index in [0.29, 0.717) is 23.4 Å². The minimum atomic E-state index is -4.11. The molecule has 8 nitrogen and oxygen atoms in total. The second-order valence-corrected chi connectivity index (χ2v) is 5.30. The van der Waals surface area contributed by atoms with Gasteiger partial charge in [0.1, 0.15) is 11.9 Å². The van der Waals surface area contributed by atoms with E-state index in [0.717, 1.165) is 0 Å². The van der Waals surface area contributed by atoms with Crippen molar-refractivity contribution in [2.24, 2.45) is 0 Å². The molecule has 2 heterocycles. The number of anilines is 1. The maximum Gasteiger partial charge on any atom is 0.350 e. The highest BCUT2D eigenvalue weighted by Crippen LogP contribution is 2.33. The van der Waals surface area contributed by atoms with Crippen LogP contribution in [0.5, 0.6) is 0 Å². The van der Waals surface area contributed by atoms with E-state index in [1.165, 1.54) is 0 Å². The number of pyridine rings is 1. The summed E-state index contributed by atoms with van der Waals surface area (Å²) in [4.78, 5) is 25.5. The van der Waals surface area contributed by atoms with E-state index in [2.05, 4.69) is 9.97 Å². The lowest BCUT2D eigenvalue weighted by atomic mass is 10.4. The van der Waals surface area contributed by atoms with Crippen molar-refractivity contribution in [2.75, 3.05) is 18.7 Å². The van der Waals surface area contributed by atoms with E-state index in [1.807, 2.05) is 0 Å². The molecule has 0 saturated heterocycles. The Bertz CT molecular complexity index is 593. The molecule has 0 aliphatic heterocycles. The summed E-state index contributed by atoms with van der Waals surface area (Å²) in [6, 6.07) is 1.66. The van der Waals surface area contributed by atoms with Gasteiger partial charge in [-0.1, -0.05) is 0 Å². The number of hydrogen-bond donors (Lipinski definition) is 3. The van der Waals surface area contributed by atoms with Gasteiger partial charge in [-0.3, -0.25) is 4.57 Å². The van der Waals surface area contributed by atoms with E-state index in [1.54, 1.807) is 23.2 Å². The number of imidazole rings is 1. The first-order valence-electron chi connectivity index (χ1n) is 5.15. The fourth-order valence-corrected chi connectivity index (χ4v) is 1.86. The molecule has 0 atom stereocenters. The second-order valence-electron chi connectivity index (χ2n) is 3.71. The molecular weight excluding hydrogens is 259 g/mol. The minimum absolute atomic E-state index is 0.160. The van der Waals surface area contributed by atoms with Crippen molar-refractivity contribution >= 4 is 24.4 Å². The number of nitrogens with two attached hydrogens (primary N) is 1. The first-order chi connectivity index (χ1) is 8.47. The lowest BCUT2D eigenvalue weighted by Gasteiger charge is -2.06. The van der Waals surface area contributed by atoms with Gasteiger partial charge in [0.25, 0.3) is 0 Å². The van der Waals surface area contributed by atoms with Crippen molar-refractivity contribution in [2.45, 2.75) is 6.54 Å². The predicted molar refractivity (Wildman–Crippen MR) is 64.8 cm³/mol. The summed E-state index contributed by atoms with van der Waals surface area (Å²) < 4.78 is 17.2. The summed E-state index contributed by atoms with van der Waals surface area (Å²) in [7, 11) is -4.11. The van der Waals surface area contributed by atoms with E-state index in [9.17, 15) is 4.57 Å². The Kier molecular flexibility index (Phi) is 3.63. The molecule has 0 unspecified atom stereocenters. The van der Waals surface area contributed by atoms with E-state index in [-0.39, 0.29) is 6.61 Å². The van der Waals surface area contributed by atoms with Crippen LogP contribution in [0.1, 0.15) is 0 Å². The number of aromatic nitrogens is 3. The molecular formula is C9H13N4O4P. The Hall–Kier alpha value is -1.47. The largest absolute Gasteiger partial charge is 0.397 e. The molecule has 0 saturated carbocycles. The second kappa shape index (κ2) is 5.03. The average Bonchev–Trinajstić information content (AvgIpc) is 2.68. The number of hydrogen-bond acceptors (Lipinski definition) is 5. The first kappa shape index (κ1) is 13.0. The average molecular weight is 272 g/mol. The smallest absolute Gasteiger partial charge is 0.350 e. The van der Waals surface area contributed by atoms with Gasteiger partial charge in [-0.15, -0.1) is 0 Å². The summed E-state index contributed by atoms with van der Waals surface area (Å²) in [5.41, 5.74) is 7.49. The number of rotatable bonds is 5. The van der Waals surface area contributed by atoms with Crippen LogP contribution in [-0.2, 0) is 15.8 Å². The van der Waals surface area contributed by atoms with Gasteiger partial charge in [0.05, 0.1) is 18.6 Å². The molecule has 2 rings (SSSR count).